The maximum Gasteiger partial charge on any atom is 0.306 e. The molecule has 0 fully saturated rings. The number of ether oxygens (including phenoxy) is 1. The lowest BCUT2D eigenvalue weighted by Crippen LogP contribution is -2.15. The molecule has 0 bridgehead atoms. The third-order valence-corrected chi connectivity index (χ3v) is 3.87. The average Bonchev–Trinajstić information content (AvgIpc) is 2.50. The first-order valence-corrected chi connectivity index (χ1v) is 9.00. The molecule has 0 N–H and O–H groups in total. The summed E-state index contributed by atoms with van der Waals surface area (Å²) in [5.41, 5.74) is 0. The Morgan fingerprint density at radius 3 is 2.86 bits per heavy atom. The first-order chi connectivity index (χ1) is 10.8. The monoisotopic (exact) mass is 304 g/mol. The molecule has 0 saturated carbocycles. The van der Waals surface area contributed by atoms with Crippen LogP contribution in [0, 0.1) is 0 Å². The van der Waals surface area contributed by atoms with Crippen molar-refractivity contribution in [3.63, 3.8) is 0 Å². The SMILES string of the molecule is CCCCCC=CC=CC1C/C=C\CCCCCCC(=O)O1. The van der Waals surface area contributed by atoms with E-state index in [9.17, 15) is 4.79 Å². The topological polar surface area (TPSA) is 26.3 Å². The van der Waals surface area contributed by atoms with Gasteiger partial charge in [-0.25, -0.2) is 0 Å². The van der Waals surface area contributed by atoms with Crippen molar-refractivity contribution in [2.24, 2.45) is 0 Å². The van der Waals surface area contributed by atoms with E-state index in [2.05, 4.69) is 31.2 Å². The van der Waals surface area contributed by atoms with Crippen LogP contribution in [0.15, 0.2) is 36.5 Å². The molecule has 0 aromatic rings. The van der Waals surface area contributed by atoms with E-state index in [4.69, 9.17) is 4.74 Å². The number of hydrogen-bond acceptors (Lipinski definition) is 2. The fraction of sp³-hybridized carbons (Fsp3) is 0.650. The summed E-state index contributed by atoms with van der Waals surface area (Å²) in [5.74, 6) is -0.0597. The van der Waals surface area contributed by atoms with Crippen LogP contribution >= 0.6 is 0 Å². The van der Waals surface area contributed by atoms with E-state index in [-0.39, 0.29) is 12.1 Å². The first kappa shape index (κ1) is 18.7. The number of rotatable bonds is 6. The van der Waals surface area contributed by atoms with Gasteiger partial charge in [-0.3, -0.25) is 4.79 Å². The van der Waals surface area contributed by atoms with Crippen LogP contribution < -0.4 is 0 Å². The van der Waals surface area contributed by atoms with Crippen LogP contribution in [-0.4, -0.2) is 12.1 Å². The van der Waals surface area contributed by atoms with Crippen molar-refractivity contribution in [2.45, 2.75) is 83.7 Å². The Bertz CT molecular complexity index is 366. The summed E-state index contributed by atoms with van der Waals surface area (Å²) in [5, 5.41) is 0. The van der Waals surface area contributed by atoms with Gasteiger partial charge in [-0.15, -0.1) is 0 Å². The van der Waals surface area contributed by atoms with Gasteiger partial charge in [0.15, 0.2) is 0 Å². The Kier molecular flexibility index (Phi) is 11.4. The fourth-order valence-electron chi connectivity index (χ4n) is 2.50. The number of hydrogen-bond donors (Lipinski definition) is 0. The molecule has 1 aliphatic heterocycles. The van der Waals surface area contributed by atoms with E-state index in [1.54, 1.807) is 0 Å². The Morgan fingerprint density at radius 2 is 2.00 bits per heavy atom. The summed E-state index contributed by atoms with van der Waals surface area (Å²) in [6.45, 7) is 2.22. The number of unbranched alkanes of at least 4 members (excludes halogenated alkanes) is 3. The summed E-state index contributed by atoms with van der Waals surface area (Å²) in [7, 11) is 0. The molecule has 1 aliphatic rings. The maximum atomic E-state index is 11.8. The molecule has 0 spiro atoms. The number of cyclic esters (lactones) is 1. The number of esters is 1. The molecule has 0 aromatic carbocycles. The zero-order valence-electron chi connectivity index (χ0n) is 14.1. The first-order valence-electron chi connectivity index (χ1n) is 9.00. The summed E-state index contributed by atoms with van der Waals surface area (Å²) in [6.07, 6.45) is 24.5. The predicted molar refractivity (Wildman–Crippen MR) is 93.8 cm³/mol. The van der Waals surface area contributed by atoms with Crippen molar-refractivity contribution in [1.82, 2.24) is 0 Å². The van der Waals surface area contributed by atoms with Crippen molar-refractivity contribution in [3.8, 4) is 0 Å². The molecule has 0 aliphatic carbocycles. The van der Waals surface area contributed by atoms with Gasteiger partial charge in [-0.2, -0.15) is 0 Å². The molecule has 1 rings (SSSR count). The molecule has 0 radical (unpaired) electrons. The van der Waals surface area contributed by atoms with Crippen molar-refractivity contribution >= 4 is 5.97 Å². The predicted octanol–water partition coefficient (Wildman–Crippen LogP) is 5.89. The van der Waals surface area contributed by atoms with Gasteiger partial charge in [0.25, 0.3) is 0 Å². The lowest BCUT2D eigenvalue weighted by Gasteiger charge is -2.13. The molecule has 1 atom stereocenters. The van der Waals surface area contributed by atoms with Gasteiger partial charge < -0.3 is 4.74 Å². The Morgan fingerprint density at radius 1 is 1.14 bits per heavy atom. The minimum atomic E-state index is -0.122. The molecule has 0 saturated heterocycles. The highest BCUT2D eigenvalue weighted by atomic mass is 16.5. The Balaban J connectivity index is 2.42. The van der Waals surface area contributed by atoms with Crippen molar-refractivity contribution < 1.29 is 9.53 Å². The molecular formula is C20H32O2. The van der Waals surface area contributed by atoms with E-state index in [0.29, 0.717) is 6.42 Å². The molecule has 124 valence electrons. The van der Waals surface area contributed by atoms with Crippen LogP contribution in [-0.2, 0) is 9.53 Å². The van der Waals surface area contributed by atoms with Crippen LogP contribution in [0.3, 0.4) is 0 Å². The van der Waals surface area contributed by atoms with Gasteiger partial charge in [-0.1, -0.05) is 63.0 Å². The third-order valence-electron chi connectivity index (χ3n) is 3.87. The van der Waals surface area contributed by atoms with Crippen LogP contribution in [0.2, 0.25) is 0 Å². The Labute approximate surface area is 136 Å². The molecule has 2 nitrogen and oxygen atoms in total. The standard InChI is InChI=1S/C20H32O2/c1-2-3-4-5-7-10-13-16-19-17-14-11-8-6-9-12-15-18-20(21)22-19/h7,10-11,13-14,16,19H,2-6,8-9,12,15,17-18H2,1H3/b10-7?,14-11-,16-13?. The van der Waals surface area contributed by atoms with Gasteiger partial charge in [0.05, 0.1) is 0 Å². The van der Waals surface area contributed by atoms with Gasteiger partial charge in [-0.05, 0) is 38.2 Å². The summed E-state index contributed by atoms with van der Waals surface area (Å²) < 4.78 is 5.56. The smallest absolute Gasteiger partial charge is 0.306 e. The van der Waals surface area contributed by atoms with Gasteiger partial charge in [0.1, 0.15) is 6.10 Å². The van der Waals surface area contributed by atoms with Gasteiger partial charge >= 0.3 is 5.97 Å². The van der Waals surface area contributed by atoms with Crippen LogP contribution in [0.4, 0.5) is 0 Å². The van der Waals surface area contributed by atoms with Gasteiger partial charge in [0.2, 0.25) is 0 Å². The molecule has 2 heteroatoms. The molecule has 22 heavy (non-hydrogen) atoms. The Hall–Kier alpha value is -1.31. The summed E-state index contributed by atoms with van der Waals surface area (Å²) >= 11 is 0. The largest absolute Gasteiger partial charge is 0.458 e. The lowest BCUT2D eigenvalue weighted by atomic mass is 10.1. The number of carbonyl (C=O) groups excluding carboxylic acids is 1. The second-order valence-corrected chi connectivity index (χ2v) is 6.00. The molecule has 1 unspecified atom stereocenters. The molecule has 0 amide bonds. The van der Waals surface area contributed by atoms with Gasteiger partial charge in [0, 0.05) is 12.8 Å². The summed E-state index contributed by atoms with van der Waals surface area (Å²) in [6, 6.07) is 0. The van der Waals surface area contributed by atoms with E-state index in [1.807, 2.05) is 12.2 Å². The van der Waals surface area contributed by atoms with E-state index < -0.39 is 0 Å². The van der Waals surface area contributed by atoms with Crippen LogP contribution in [0.25, 0.3) is 0 Å². The zero-order valence-corrected chi connectivity index (χ0v) is 14.1. The van der Waals surface area contributed by atoms with Crippen molar-refractivity contribution in [2.75, 3.05) is 0 Å². The second kappa shape index (κ2) is 13.4. The molecule has 1 heterocycles. The maximum absolute atomic E-state index is 11.8. The highest BCUT2D eigenvalue weighted by Crippen LogP contribution is 2.12. The molecule has 0 aromatic heterocycles. The minimum absolute atomic E-state index is 0.0597. The normalized spacial score (nSPS) is 23.1. The highest BCUT2D eigenvalue weighted by molar-refractivity contribution is 5.69. The summed E-state index contributed by atoms with van der Waals surface area (Å²) in [4.78, 5) is 11.8. The highest BCUT2D eigenvalue weighted by Gasteiger charge is 2.10. The number of carbonyl (C=O) groups is 1. The lowest BCUT2D eigenvalue weighted by molar-refractivity contribution is -0.146. The van der Waals surface area contributed by atoms with Crippen molar-refractivity contribution in [1.29, 1.82) is 0 Å². The third kappa shape index (κ3) is 10.4. The van der Waals surface area contributed by atoms with E-state index in [1.165, 1.54) is 32.1 Å². The van der Waals surface area contributed by atoms with Crippen molar-refractivity contribution in [3.05, 3.63) is 36.5 Å². The van der Waals surface area contributed by atoms with E-state index in [0.717, 1.165) is 32.1 Å². The molecular weight excluding hydrogens is 272 g/mol. The minimum Gasteiger partial charge on any atom is -0.458 e. The van der Waals surface area contributed by atoms with Crippen LogP contribution in [0.1, 0.15) is 77.6 Å². The fourth-order valence-corrected chi connectivity index (χ4v) is 2.50. The van der Waals surface area contributed by atoms with Crippen LogP contribution in [0.5, 0.6) is 0 Å². The van der Waals surface area contributed by atoms with E-state index >= 15 is 0 Å². The number of allylic oxidation sites excluding steroid dienone is 4. The zero-order chi connectivity index (χ0) is 15.9. The average molecular weight is 304 g/mol. The quantitative estimate of drug-likeness (QED) is 0.264. The second-order valence-electron chi connectivity index (χ2n) is 6.00.